The van der Waals surface area contributed by atoms with E-state index in [4.69, 9.17) is 9.26 Å². The summed E-state index contributed by atoms with van der Waals surface area (Å²) in [6.07, 6.45) is 0.965. The summed E-state index contributed by atoms with van der Waals surface area (Å²) in [6.45, 7) is 3.69. The molecule has 0 aliphatic rings. The first-order chi connectivity index (χ1) is 11.8. The highest BCUT2D eigenvalue weighted by Crippen LogP contribution is 2.25. The number of nitrogens with one attached hydrogen (secondary N) is 1. The molecule has 124 valence electrons. The number of carbonyl (C=O) groups is 1. The van der Waals surface area contributed by atoms with Gasteiger partial charge < -0.3 is 14.6 Å². The molecular formula is C19H20N2O3. The van der Waals surface area contributed by atoms with Gasteiger partial charge in [0, 0.05) is 24.8 Å². The smallest absolute Gasteiger partial charge is 0.273 e. The maximum absolute atomic E-state index is 12.0. The lowest BCUT2D eigenvalue weighted by Crippen LogP contribution is -2.27. The van der Waals surface area contributed by atoms with Crippen LogP contribution in [0.2, 0.25) is 0 Å². The van der Waals surface area contributed by atoms with Crippen molar-refractivity contribution < 1.29 is 14.1 Å². The van der Waals surface area contributed by atoms with Crippen molar-refractivity contribution in [3.05, 3.63) is 54.2 Å². The van der Waals surface area contributed by atoms with E-state index in [1.807, 2.05) is 43.3 Å². The van der Waals surface area contributed by atoms with Crippen LogP contribution in [0.5, 0.6) is 0 Å². The summed E-state index contributed by atoms with van der Waals surface area (Å²) in [7, 11) is 0. The molecule has 0 atom stereocenters. The maximum Gasteiger partial charge on any atom is 0.273 e. The molecule has 0 spiro atoms. The minimum Gasteiger partial charge on any atom is -0.380 e. The van der Waals surface area contributed by atoms with E-state index in [-0.39, 0.29) is 11.6 Å². The normalized spacial score (nSPS) is 10.9. The Balaban J connectivity index is 1.66. The number of rotatable bonds is 7. The third kappa shape index (κ3) is 3.81. The van der Waals surface area contributed by atoms with Gasteiger partial charge in [-0.05, 0) is 23.3 Å². The second kappa shape index (κ2) is 7.75. The van der Waals surface area contributed by atoms with Gasteiger partial charge in [-0.25, -0.2) is 0 Å². The van der Waals surface area contributed by atoms with Crippen LogP contribution in [0.15, 0.2) is 53.1 Å². The molecule has 3 aromatic rings. The highest BCUT2D eigenvalue weighted by Gasteiger charge is 2.13. The first kappa shape index (κ1) is 16.2. The minimum atomic E-state index is -0.258. The molecule has 1 amide bonds. The van der Waals surface area contributed by atoms with Crippen molar-refractivity contribution >= 4 is 16.7 Å². The number of aromatic nitrogens is 1. The summed E-state index contributed by atoms with van der Waals surface area (Å²) >= 11 is 0. The molecule has 0 unspecified atom stereocenters. The molecule has 24 heavy (non-hydrogen) atoms. The minimum absolute atomic E-state index is 0.258. The van der Waals surface area contributed by atoms with Gasteiger partial charge in [-0.3, -0.25) is 4.79 Å². The highest BCUT2D eigenvalue weighted by atomic mass is 16.5. The number of amides is 1. The second-order valence-electron chi connectivity index (χ2n) is 5.51. The number of carbonyl (C=O) groups excluding carboxylic acids is 1. The van der Waals surface area contributed by atoms with Crippen molar-refractivity contribution in [1.29, 1.82) is 0 Å². The lowest BCUT2D eigenvalue weighted by Gasteiger charge is -2.03. The lowest BCUT2D eigenvalue weighted by molar-refractivity contribution is 0.0907. The maximum atomic E-state index is 12.0. The summed E-state index contributed by atoms with van der Waals surface area (Å²) < 4.78 is 10.6. The number of hydrogen-bond donors (Lipinski definition) is 1. The SMILES string of the molecule is CCCOCCNC(=O)c1cc(-c2ccc3ccccc3c2)on1. The van der Waals surface area contributed by atoms with Crippen molar-refractivity contribution in [2.24, 2.45) is 0 Å². The van der Waals surface area contributed by atoms with E-state index in [1.165, 1.54) is 0 Å². The molecule has 1 heterocycles. The van der Waals surface area contributed by atoms with E-state index in [1.54, 1.807) is 6.07 Å². The Morgan fingerprint density at radius 1 is 1.12 bits per heavy atom. The molecule has 5 heteroatoms. The molecule has 0 aliphatic heterocycles. The molecule has 1 N–H and O–H groups in total. The Labute approximate surface area is 140 Å². The number of nitrogens with zero attached hydrogens (tertiary/aromatic N) is 1. The van der Waals surface area contributed by atoms with E-state index in [9.17, 15) is 4.79 Å². The van der Waals surface area contributed by atoms with Gasteiger partial charge in [-0.1, -0.05) is 48.5 Å². The van der Waals surface area contributed by atoms with Crippen LogP contribution in [-0.2, 0) is 4.74 Å². The predicted molar refractivity (Wildman–Crippen MR) is 92.9 cm³/mol. The average molecular weight is 324 g/mol. The summed E-state index contributed by atoms with van der Waals surface area (Å²) in [6, 6.07) is 15.8. The quantitative estimate of drug-likeness (QED) is 0.674. The van der Waals surface area contributed by atoms with E-state index in [0.29, 0.717) is 25.5 Å². The fraction of sp³-hybridized carbons (Fsp3) is 0.263. The van der Waals surface area contributed by atoms with Crippen molar-refractivity contribution in [3.63, 3.8) is 0 Å². The summed E-state index contributed by atoms with van der Waals surface area (Å²) in [5.41, 5.74) is 1.17. The van der Waals surface area contributed by atoms with E-state index in [2.05, 4.69) is 16.5 Å². The summed E-state index contributed by atoms with van der Waals surface area (Å²) in [4.78, 5) is 12.0. The Kier molecular flexibility index (Phi) is 5.23. The van der Waals surface area contributed by atoms with Gasteiger partial charge in [0.1, 0.15) is 0 Å². The van der Waals surface area contributed by atoms with Crippen LogP contribution >= 0.6 is 0 Å². The first-order valence-electron chi connectivity index (χ1n) is 8.10. The molecule has 3 rings (SSSR count). The zero-order valence-corrected chi connectivity index (χ0v) is 13.6. The summed E-state index contributed by atoms with van der Waals surface area (Å²) in [5, 5.41) is 8.90. The Hall–Kier alpha value is -2.66. The van der Waals surface area contributed by atoms with Crippen LogP contribution in [0.3, 0.4) is 0 Å². The van der Waals surface area contributed by atoms with Crippen molar-refractivity contribution in [2.75, 3.05) is 19.8 Å². The molecule has 0 fully saturated rings. The molecule has 0 saturated carbocycles. The van der Waals surface area contributed by atoms with Crippen LogP contribution in [0.25, 0.3) is 22.1 Å². The number of fused-ring (bicyclic) bond motifs is 1. The fourth-order valence-corrected chi connectivity index (χ4v) is 2.43. The molecule has 0 radical (unpaired) electrons. The molecule has 0 aliphatic carbocycles. The molecule has 1 aromatic heterocycles. The summed E-state index contributed by atoms with van der Waals surface area (Å²) in [5.74, 6) is 0.319. The molecule has 0 saturated heterocycles. The van der Waals surface area contributed by atoms with Gasteiger partial charge in [-0.2, -0.15) is 0 Å². The van der Waals surface area contributed by atoms with E-state index < -0.39 is 0 Å². The molecule has 2 aromatic carbocycles. The number of benzene rings is 2. The topological polar surface area (TPSA) is 64.4 Å². The van der Waals surface area contributed by atoms with Crippen molar-refractivity contribution in [2.45, 2.75) is 13.3 Å². The lowest BCUT2D eigenvalue weighted by atomic mass is 10.1. The zero-order chi connectivity index (χ0) is 16.8. The van der Waals surface area contributed by atoms with Gasteiger partial charge >= 0.3 is 0 Å². The van der Waals surface area contributed by atoms with Crippen LogP contribution in [0, 0.1) is 0 Å². The second-order valence-corrected chi connectivity index (χ2v) is 5.51. The van der Waals surface area contributed by atoms with E-state index in [0.717, 1.165) is 22.8 Å². The van der Waals surface area contributed by atoms with Gasteiger partial charge in [0.25, 0.3) is 5.91 Å². The Morgan fingerprint density at radius 3 is 2.79 bits per heavy atom. The number of hydrogen-bond acceptors (Lipinski definition) is 4. The van der Waals surface area contributed by atoms with Crippen LogP contribution < -0.4 is 5.32 Å². The van der Waals surface area contributed by atoms with Crippen molar-refractivity contribution in [3.8, 4) is 11.3 Å². The molecule has 0 bridgehead atoms. The third-order valence-corrected chi connectivity index (χ3v) is 3.66. The average Bonchev–Trinajstić information content (AvgIpc) is 3.11. The van der Waals surface area contributed by atoms with Gasteiger partial charge in [-0.15, -0.1) is 0 Å². The van der Waals surface area contributed by atoms with Crippen molar-refractivity contribution in [1.82, 2.24) is 10.5 Å². The van der Waals surface area contributed by atoms with Crippen LogP contribution in [0.4, 0.5) is 0 Å². The number of ether oxygens (including phenoxy) is 1. The molecular weight excluding hydrogens is 304 g/mol. The largest absolute Gasteiger partial charge is 0.380 e. The monoisotopic (exact) mass is 324 g/mol. The predicted octanol–water partition coefficient (Wildman–Crippen LogP) is 3.65. The van der Waals surface area contributed by atoms with Gasteiger partial charge in [0.2, 0.25) is 0 Å². The van der Waals surface area contributed by atoms with E-state index >= 15 is 0 Å². The van der Waals surface area contributed by atoms with Crippen LogP contribution in [-0.4, -0.2) is 30.8 Å². The fourth-order valence-electron chi connectivity index (χ4n) is 2.43. The highest BCUT2D eigenvalue weighted by molar-refractivity contribution is 5.93. The Bertz CT molecular complexity index is 826. The zero-order valence-electron chi connectivity index (χ0n) is 13.6. The van der Waals surface area contributed by atoms with Crippen LogP contribution in [0.1, 0.15) is 23.8 Å². The standard InChI is InChI=1S/C19H20N2O3/c1-2-10-23-11-9-20-19(22)17-13-18(24-21-17)16-8-7-14-5-3-4-6-15(14)12-16/h3-8,12-13H,2,9-11H2,1H3,(H,20,22). The molecule has 5 nitrogen and oxygen atoms in total. The van der Waals surface area contributed by atoms with Gasteiger partial charge in [0.15, 0.2) is 11.5 Å². The first-order valence-corrected chi connectivity index (χ1v) is 8.10. The van der Waals surface area contributed by atoms with Gasteiger partial charge in [0.05, 0.1) is 6.61 Å². The Morgan fingerprint density at radius 2 is 1.96 bits per heavy atom. The third-order valence-electron chi connectivity index (χ3n) is 3.66.